The second-order valence-electron chi connectivity index (χ2n) is 10.3. The fourth-order valence-corrected chi connectivity index (χ4v) is 3.71. The van der Waals surface area contributed by atoms with Crippen LogP contribution in [0.3, 0.4) is 0 Å². The van der Waals surface area contributed by atoms with E-state index in [0.717, 1.165) is 0 Å². The first-order chi connectivity index (χ1) is 18.2. The van der Waals surface area contributed by atoms with Crippen molar-refractivity contribution in [2.75, 3.05) is 0 Å². The van der Waals surface area contributed by atoms with E-state index in [9.17, 15) is 30.0 Å². The zero-order chi connectivity index (χ0) is 30.0. The Hall–Kier alpha value is -3.61. The number of nitrogens with zero attached hydrogens (tertiary/aromatic N) is 3. The van der Waals surface area contributed by atoms with E-state index in [0.29, 0.717) is 50.4 Å². The molecule has 210 valence electrons. The fourth-order valence-electron chi connectivity index (χ4n) is 3.71. The molecule has 0 amide bonds. The summed E-state index contributed by atoms with van der Waals surface area (Å²) in [6.45, 7) is 16.6. The summed E-state index contributed by atoms with van der Waals surface area (Å²) >= 11 is 0. The molecule has 0 saturated carbocycles. The minimum atomic E-state index is -0.0140. The van der Waals surface area contributed by atoms with Crippen LogP contribution in [-0.2, 0) is 0 Å². The molecule has 0 radical (unpaired) electrons. The van der Waals surface area contributed by atoms with Gasteiger partial charge < -0.3 is 15.3 Å². The number of hydrogen-bond donors (Lipinski definition) is 0. The van der Waals surface area contributed by atoms with Gasteiger partial charge in [0.05, 0.1) is 0 Å². The van der Waals surface area contributed by atoms with Gasteiger partial charge in [-0.2, -0.15) is 0 Å². The SMILES string of the molecule is Cc1cc([O-])c(C(C)C)cc1N=O.Cc1cc([O-])c(C(C)C)cc1N=O.Cc1cc([O-])c(C(C)C)cc1N=O.[Al+3]. The van der Waals surface area contributed by atoms with E-state index < -0.39 is 0 Å². The van der Waals surface area contributed by atoms with E-state index in [1.54, 1.807) is 39.0 Å². The summed E-state index contributed by atoms with van der Waals surface area (Å²) in [5.74, 6) is 0.357. The van der Waals surface area contributed by atoms with E-state index in [1.807, 2.05) is 41.5 Å². The monoisotopic (exact) mass is 561 g/mol. The molecule has 3 rings (SSSR count). The van der Waals surface area contributed by atoms with Crippen molar-refractivity contribution in [2.45, 2.75) is 80.1 Å². The standard InChI is InChI=1S/3C10H13NO2.Al/c3*1-6(2)8-5-9(11-13)7(3)4-10(8)12;/h3*4-6,12H,1-3H3;/q;;;+3/p-3. The summed E-state index contributed by atoms with van der Waals surface area (Å²) in [5, 5.41) is 42.8. The summed E-state index contributed by atoms with van der Waals surface area (Å²) in [4.78, 5) is 31.1. The van der Waals surface area contributed by atoms with E-state index in [-0.39, 0.29) is 52.4 Å². The molecule has 3 aromatic rings. The fraction of sp³-hybridized carbons (Fsp3) is 0.400. The predicted molar refractivity (Wildman–Crippen MR) is 156 cm³/mol. The summed E-state index contributed by atoms with van der Waals surface area (Å²) in [6, 6.07) is 9.13. The van der Waals surface area contributed by atoms with Crippen molar-refractivity contribution in [3.05, 3.63) is 84.5 Å². The van der Waals surface area contributed by atoms with Gasteiger partial charge in [0.2, 0.25) is 0 Å². The molecular formula is C30H36AlN3O6. The first-order valence-corrected chi connectivity index (χ1v) is 12.6. The van der Waals surface area contributed by atoms with E-state index in [2.05, 4.69) is 15.5 Å². The maximum atomic E-state index is 11.4. The molecule has 0 heterocycles. The topological polar surface area (TPSA) is 157 Å². The van der Waals surface area contributed by atoms with Gasteiger partial charge in [-0.15, -0.1) is 32.0 Å². The molecule has 0 fully saturated rings. The van der Waals surface area contributed by atoms with Gasteiger partial charge in [-0.3, -0.25) is 0 Å². The molecule has 0 aromatic heterocycles. The summed E-state index contributed by atoms with van der Waals surface area (Å²) in [6.07, 6.45) is 0. The normalized spacial score (nSPS) is 10.2. The van der Waals surface area contributed by atoms with Crippen molar-refractivity contribution in [1.82, 2.24) is 0 Å². The first-order valence-electron chi connectivity index (χ1n) is 12.6. The van der Waals surface area contributed by atoms with Crippen LogP contribution in [0.1, 0.15) is 92.7 Å². The van der Waals surface area contributed by atoms with Crippen molar-refractivity contribution in [1.29, 1.82) is 0 Å². The van der Waals surface area contributed by atoms with Crippen LogP contribution in [0, 0.1) is 35.5 Å². The second-order valence-corrected chi connectivity index (χ2v) is 10.3. The third-order valence-corrected chi connectivity index (χ3v) is 6.15. The van der Waals surface area contributed by atoms with Crippen LogP contribution in [0.5, 0.6) is 17.2 Å². The van der Waals surface area contributed by atoms with Crippen LogP contribution >= 0.6 is 0 Å². The summed E-state index contributed by atoms with van der Waals surface area (Å²) in [5.41, 5.74) is 4.98. The van der Waals surface area contributed by atoms with Gasteiger partial charge in [0, 0.05) is 0 Å². The molecule has 3 aromatic carbocycles. The van der Waals surface area contributed by atoms with Gasteiger partial charge in [-0.1, -0.05) is 76.4 Å². The minimum Gasteiger partial charge on any atom is -0.872 e. The molecule has 0 saturated heterocycles. The van der Waals surface area contributed by atoms with Crippen LogP contribution < -0.4 is 15.3 Å². The smallest absolute Gasteiger partial charge is 0.872 e. The van der Waals surface area contributed by atoms with Crippen molar-refractivity contribution in [3.8, 4) is 17.2 Å². The third-order valence-electron chi connectivity index (χ3n) is 6.15. The molecule has 40 heavy (non-hydrogen) atoms. The van der Waals surface area contributed by atoms with Gasteiger partial charge in [0.15, 0.2) is 0 Å². The van der Waals surface area contributed by atoms with E-state index in [4.69, 9.17) is 0 Å². The Kier molecular flexibility index (Phi) is 15.0. The summed E-state index contributed by atoms with van der Waals surface area (Å²) in [7, 11) is 0. The Balaban J connectivity index is 0.000000563. The van der Waals surface area contributed by atoms with Crippen molar-refractivity contribution in [3.63, 3.8) is 0 Å². The van der Waals surface area contributed by atoms with Crippen LogP contribution in [0.15, 0.2) is 51.9 Å². The van der Waals surface area contributed by atoms with Crippen LogP contribution in [-0.4, -0.2) is 17.4 Å². The van der Waals surface area contributed by atoms with E-state index >= 15 is 0 Å². The second kappa shape index (κ2) is 16.5. The molecule has 0 aliphatic carbocycles. The number of hydrogen-bond acceptors (Lipinski definition) is 9. The average molecular weight is 562 g/mol. The largest absolute Gasteiger partial charge is 3.00 e. The van der Waals surface area contributed by atoms with Crippen molar-refractivity contribution >= 4 is 34.4 Å². The quantitative estimate of drug-likeness (QED) is 0.225. The van der Waals surface area contributed by atoms with Crippen LogP contribution in [0.25, 0.3) is 0 Å². The maximum absolute atomic E-state index is 11.4. The predicted octanol–water partition coefficient (Wildman–Crippen LogP) is 7.39. The maximum Gasteiger partial charge on any atom is 3.00 e. The molecule has 0 atom stereocenters. The van der Waals surface area contributed by atoms with Crippen LogP contribution in [0.2, 0.25) is 0 Å². The molecule has 0 unspecified atom stereocenters. The zero-order valence-corrected chi connectivity index (χ0v) is 25.7. The Labute approximate surface area is 246 Å². The van der Waals surface area contributed by atoms with Gasteiger partial charge in [-0.05, 0) is 88.9 Å². The van der Waals surface area contributed by atoms with Crippen molar-refractivity contribution in [2.24, 2.45) is 15.5 Å². The number of nitroso groups, excluding NO2 is 3. The number of benzene rings is 3. The third kappa shape index (κ3) is 9.85. The number of aryl methyl sites for hydroxylation is 3. The number of rotatable bonds is 6. The molecular weight excluding hydrogens is 525 g/mol. The Morgan fingerprint density at radius 3 is 0.825 bits per heavy atom. The van der Waals surface area contributed by atoms with E-state index in [1.165, 1.54) is 18.2 Å². The van der Waals surface area contributed by atoms with Crippen molar-refractivity contribution < 1.29 is 15.3 Å². The zero-order valence-electron chi connectivity index (χ0n) is 24.6. The van der Waals surface area contributed by atoms with Crippen LogP contribution in [0.4, 0.5) is 17.1 Å². The molecule has 0 aliphatic heterocycles. The molecule has 0 spiro atoms. The Bertz CT molecular complexity index is 1160. The molecule has 0 N–H and O–H groups in total. The Morgan fingerprint density at radius 1 is 0.475 bits per heavy atom. The van der Waals surface area contributed by atoms with Gasteiger partial charge in [-0.25, -0.2) is 0 Å². The molecule has 0 aliphatic rings. The summed E-state index contributed by atoms with van der Waals surface area (Å²) < 4.78 is 0. The van der Waals surface area contributed by atoms with Gasteiger partial charge in [0.1, 0.15) is 17.1 Å². The average Bonchev–Trinajstić information content (AvgIpc) is 2.84. The Morgan fingerprint density at radius 2 is 0.675 bits per heavy atom. The molecule has 0 bridgehead atoms. The molecule has 10 heteroatoms. The first kappa shape index (κ1) is 36.4. The van der Waals surface area contributed by atoms with Gasteiger partial charge >= 0.3 is 17.4 Å². The van der Waals surface area contributed by atoms with Gasteiger partial charge in [0.25, 0.3) is 0 Å². The molecule has 9 nitrogen and oxygen atoms in total. The minimum absolute atomic E-state index is 0.